The molecule has 0 aromatic heterocycles. The summed E-state index contributed by atoms with van der Waals surface area (Å²) >= 11 is 2.07. The van der Waals surface area contributed by atoms with E-state index in [0.29, 0.717) is 11.2 Å². The van der Waals surface area contributed by atoms with Gasteiger partial charge in [-0.2, -0.15) is 0 Å². The van der Waals surface area contributed by atoms with Crippen LogP contribution < -0.4 is 0 Å². The molecule has 0 N–H and O–H groups in total. The molecule has 0 spiro atoms. The van der Waals surface area contributed by atoms with Gasteiger partial charge in [-0.15, -0.1) is 11.8 Å². The highest BCUT2D eigenvalue weighted by molar-refractivity contribution is 8.04. The Morgan fingerprint density at radius 3 is 2.64 bits per heavy atom. The van der Waals surface area contributed by atoms with Crippen molar-refractivity contribution in [3.8, 4) is 0 Å². The summed E-state index contributed by atoms with van der Waals surface area (Å²) < 4.78 is 0. The van der Waals surface area contributed by atoms with Crippen molar-refractivity contribution in [1.29, 1.82) is 0 Å². The minimum absolute atomic E-state index is 0.623. The molecule has 2 aliphatic rings. The van der Waals surface area contributed by atoms with Crippen molar-refractivity contribution in [2.24, 2.45) is 11.8 Å². The summed E-state index contributed by atoms with van der Waals surface area (Å²) in [5, 5.41) is 0.709. The lowest BCUT2D eigenvalue weighted by Crippen LogP contribution is -2.13. The van der Waals surface area contributed by atoms with Crippen molar-refractivity contribution in [3.63, 3.8) is 0 Å². The van der Waals surface area contributed by atoms with E-state index in [4.69, 9.17) is 0 Å². The van der Waals surface area contributed by atoms with Crippen LogP contribution in [0.1, 0.15) is 27.7 Å². The van der Waals surface area contributed by atoms with Gasteiger partial charge in [0.15, 0.2) is 0 Å². The normalized spacial score (nSPS) is 29.8. The predicted molar refractivity (Wildman–Crippen MR) is 65.3 cm³/mol. The molecule has 14 heavy (non-hydrogen) atoms. The Morgan fingerprint density at radius 1 is 1.36 bits per heavy atom. The molecule has 1 aliphatic heterocycles. The van der Waals surface area contributed by atoms with Crippen LogP contribution in [0.25, 0.3) is 0 Å². The lowest BCUT2D eigenvalue weighted by atomic mass is 9.89. The zero-order chi connectivity index (χ0) is 10.3. The van der Waals surface area contributed by atoms with Gasteiger partial charge in [0, 0.05) is 11.2 Å². The van der Waals surface area contributed by atoms with Gasteiger partial charge in [0.1, 0.15) is 0 Å². The van der Waals surface area contributed by atoms with Crippen LogP contribution in [0.4, 0.5) is 0 Å². The molecule has 0 aromatic carbocycles. The minimum Gasteiger partial charge on any atom is -0.121 e. The van der Waals surface area contributed by atoms with Crippen molar-refractivity contribution in [3.05, 3.63) is 34.3 Å². The lowest BCUT2D eigenvalue weighted by molar-refractivity contribution is 0.641. The van der Waals surface area contributed by atoms with Gasteiger partial charge in [0.2, 0.25) is 0 Å². The Bertz CT molecular complexity index is 327. The maximum absolute atomic E-state index is 2.34. The van der Waals surface area contributed by atoms with Gasteiger partial charge in [-0.3, -0.25) is 0 Å². The van der Waals surface area contributed by atoms with E-state index in [1.54, 1.807) is 10.5 Å². The van der Waals surface area contributed by atoms with Crippen LogP contribution in [0.2, 0.25) is 0 Å². The quantitative estimate of drug-likeness (QED) is 0.580. The molecule has 0 nitrogen and oxygen atoms in total. The summed E-state index contributed by atoms with van der Waals surface area (Å²) in [6, 6.07) is 0. The molecule has 1 fully saturated rings. The summed E-state index contributed by atoms with van der Waals surface area (Å²) in [5.41, 5.74) is 3.17. The Labute approximate surface area is 91.2 Å². The van der Waals surface area contributed by atoms with Crippen molar-refractivity contribution in [1.82, 2.24) is 0 Å². The van der Waals surface area contributed by atoms with E-state index in [-0.39, 0.29) is 0 Å². The van der Waals surface area contributed by atoms with Crippen molar-refractivity contribution in [2.45, 2.75) is 32.9 Å². The lowest BCUT2D eigenvalue weighted by Gasteiger charge is -2.18. The smallest absolute Gasteiger partial charge is 0.0335 e. The summed E-state index contributed by atoms with van der Waals surface area (Å²) in [7, 11) is 0. The topological polar surface area (TPSA) is 0 Å². The SMILES string of the molecule is CC(C)=C1C2C=CC=C2SC1C(C)C. The standard InChI is InChI=1S/C13H18S/c1-8(2)12-10-6-5-7-11(10)14-13(12)9(3)4/h5-7,9-10,13H,1-4H3. The first-order valence-corrected chi connectivity index (χ1v) is 6.21. The van der Waals surface area contributed by atoms with Crippen molar-refractivity contribution < 1.29 is 0 Å². The second kappa shape index (κ2) is 3.62. The van der Waals surface area contributed by atoms with Gasteiger partial charge >= 0.3 is 0 Å². The summed E-state index contributed by atoms with van der Waals surface area (Å²) in [5.74, 6) is 1.36. The largest absolute Gasteiger partial charge is 0.121 e. The van der Waals surface area contributed by atoms with E-state index in [1.807, 2.05) is 0 Å². The molecule has 1 heterocycles. The van der Waals surface area contributed by atoms with Gasteiger partial charge in [-0.1, -0.05) is 37.6 Å². The van der Waals surface area contributed by atoms with E-state index in [0.717, 1.165) is 5.92 Å². The van der Waals surface area contributed by atoms with Crippen LogP contribution in [0.15, 0.2) is 34.3 Å². The molecule has 2 unspecified atom stereocenters. The predicted octanol–water partition coefficient (Wildman–Crippen LogP) is 4.16. The number of fused-ring (bicyclic) bond motifs is 1. The highest BCUT2D eigenvalue weighted by Gasteiger charge is 2.37. The summed E-state index contributed by atoms with van der Waals surface area (Å²) in [6.45, 7) is 9.15. The Balaban J connectivity index is 2.38. The molecule has 2 atom stereocenters. The van der Waals surface area contributed by atoms with Crippen LogP contribution in [-0.4, -0.2) is 5.25 Å². The zero-order valence-corrected chi connectivity index (χ0v) is 10.2. The number of thioether (sulfide) groups is 1. The highest BCUT2D eigenvalue weighted by Crippen LogP contribution is 2.52. The number of rotatable bonds is 1. The molecule has 2 rings (SSSR count). The Hall–Kier alpha value is -0.430. The Morgan fingerprint density at radius 2 is 2.07 bits per heavy atom. The van der Waals surface area contributed by atoms with Gasteiger partial charge in [-0.05, 0) is 30.2 Å². The third-order valence-electron chi connectivity index (χ3n) is 2.96. The maximum Gasteiger partial charge on any atom is 0.0335 e. The number of hydrogen-bond donors (Lipinski definition) is 0. The first-order valence-electron chi connectivity index (χ1n) is 5.33. The average Bonchev–Trinajstić information content (AvgIpc) is 2.58. The molecule has 1 aliphatic carbocycles. The van der Waals surface area contributed by atoms with E-state index in [1.165, 1.54) is 5.57 Å². The molecule has 0 aromatic rings. The van der Waals surface area contributed by atoms with Gasteiger partial charge in [-0.25, -0.2) is 0 Å². The van der Waals surface area contributed by atoms with E-state index >= 15 is 0 Å². The molecule has 76 valence electrons. The Kier molecular flexibility index (Phi) is 2.61. The minimum atomic E-state index is 0.623. The van der Waals surface area contributed by atoms with Crippen molar-refractivity contribution in [2.75, 3.05) is 0 Å². The first-order chi connectivity index (χ1) is 6.61. The van der Waals surface area contributed by atoms with Crippen LogP contribution in [0.3, 0.4) is 0 Å². The average molecular weight is 206 g/mol. The third-order valence-corrected chi connectivity index (χ3v) is 4.67. The molecule has 0 saturated carbocycles. The van der Waals surface area contributed by atoms with Crippen LogP contribution >= 0.6 is 11.8 Å². The molecular weight excluding hydrogens is 188 g/mol. The molecule has 0 amide bonds. The molecular formula is C13H18S. The summed E-state index contributed by atoms with van der Waals surface area (Å²) in [6.07, 6.45) is 6.82. The molecule has 1 heteroatoms. The fourth-order valence-electron chi connectivity index (χ4n) is 2.31. The van der Waals surface area contributed by atoms with E-state index in [2.05, 4.69) is 57.7 Å². The molecule has 1 saturated heterocycles. The van der Waals surface area contributed by atoms with Crippen LogP contribution in [0, 0.1) is 11.8 Å². The fraction of sp³-hybridized carbons (Fsp3) is 0.538. The van der Waals surface area contributed by atoms with E-state index < -0.39 is 0 Å². The van der Waals surface area contributed by atoms with E-state index in [9.17, 15) is 0 Å². The maximum atomic E-state index is 2.34. The van der Waals surface area contributed by atoms with Crippen LogP contribution in [0.5, 0.6) is 0 Å². The second-order valence-electron chi connectivity index (χ2n) is 4.67. The number of hydrogen-bond acceptors (Lipinski definition) is 1. The molecule has 0 bridgehead atoms. The third kappa shape index (κ3) is 1.48. The first kappa shape index (κ1) is 10.1. The number of allylic oxidation sites excluding steroid dienone is 5. The van der Waals surface area contributed by atoms with Gasteiger partial charge < -0.3 is 0 Å². The van der Waals surface area contributed by atoms with Gasteiger partial charge in [0.05, 0.1) is 0 Å². The monoisotopic (exact) mass is 206 g/mol. The van der Waals surface area contributed by atoms with Crippen molar-refractivity contribution >= 4 is 11.8 Å². The second-order valence-corrected chi connectivity index (χ2v) is 5.88. The van der Waals surface area contributed by atoms with Gasteiger partial charge in [0.25, 0.3) is 0 Å². The molecule has 0 radical (unpaired) electrons. The fourth-order valence-corrected chi connectivity index (χ4v) is 3.89. The highest BCUT2D eigenvalue weighted by atomic mass is 32.2. The zero-order valence-electron chi connectivity index (χ0n) is 9.37. The van der Waals surface area contributed by atoms with Crippen LogP contribution in [-0.2, 0) is 0 Å². The summed E-state index contributed by atoms with van der Waals surface area (Å²) in [4.78, 5) is 1.56.